The normalized spacial score (nSPS) is 25.7. The topological polar surface area (TPSA) is 58.4 Å². The molecule has 1 aromatic rings. The lowest BCUT2D eigenvalue weighted by molar-refractivity contribution is -0.384. The Morgan fingerprint density at radius 1 is 1.47 bits per heavy atom. The zero-order valence-corrected chi connectivity index (χ0v) is 11.1. The van der Waals surface area contributed by atoms with E-state index in [0.717, 1.165) is 24.6 Å². The van der Waals surface area contributed by atoms with Crippen molar-refractivity contribution in [1.29, 1.82) is 0 Å². The average Bonchev–Trinajstić information content (AvgIpc) is 3.01. The minimum atomic E-state index is -0.314. The minimum Gasteiger partial charge on any atom is -0.383 e. The van der Waals surface area contributed by atoms with Gasteiger partial charge < -0.3 is 5.32 Å². The van der Waals surface area contributed by atoms with E-state index in [1.165, 1.54) is 19.3 Å². The summed E-state index contributed by atoms with van der Waals surface area (Å²) >= 11 is 0. The number of fused-ring (bicyclic) bond motifs is 2. The van der Waals surface area contributed by atoms with Gasteiger partial charge in [-0.05, 0) is 36.8 Å². The van der Waals surface area contributed by atoms with Crippen LogP contribution < -0.4 is 5.32 Å². The first-order valence-electron chi connectivity index (χ1n) is 6.86. The van der Waals surface area contributed by atoms with Gasteiger partial charge in [-0.15, -0.1) is 0 Å². The van der Waals surface area contributed by atoms with Crippen LogP contribution in [0.5, 0.6) is 0 Å². The summed E-state index contributed by atoms with van der Waals surface area (Å²) in [5.74, 6) is 0.858. The van der Waals surface area contributed by atoms with E-state index in [1.54, 1.807) is 13.1 Å². The fraction of sp³-hybridized carbons (Fsp3) is 0.571. The summed E-state index contributed by atoms with van der Waals surface area (Å²) in [6.45, 7) is 2.00. The van der Waals surface area contributed by atoms with E-state index < -0.39 is 0 Å². The van der Waals surface area contributed by atoms with Crippen LogP contribution in [0.4, 0.5) is 11.4 Å². The maximum atomic E-state index is 11.0. The summed E-state index contributed by atoms with van der Waals surface area (Å²) < 4.78 is 0. The van der Waals surface area contributed by atoms with Crippen LogP contribution in [0.3, 0.4) is 0 Å². The molecule has 1 heterocycles. The molecule has 0 aromatic heterocycles. The number of nitro groups is 1. The van der Waals surface area contributed by atoms with Crippen molar-refractivity contribution in [2.24, 2.45) is 5.92 Å². The first kappa shape index (κ1) is 12.4. The molecular formula is C14H19N3O2. The van der Waals surface area contributed by atoms with E-state index in [-0.39, 0.29) is 10.6 Å². The molecule has 1 aliphatic heterocycles. The maximum Gasteiger partial charge on any atom is 0.292 e. The average molecular weight is 261 g/mol. The Labute approximate surface area is 112 Å². The number of nitro benzene ring substituents is 1. The van der Waals surface area contributed by atoms with Gasteiger partial charge in [0.1, 0.15) is 5.69 Å². The molecule has 5 nitrogen and oxygen atoms in total. The second-order valence-corrected chi connectivity index (χ2v) is 5.62. The van der Waals surface area contributed by atoms with Crippen molar-refractivity contribution in [1.82, 2.24) is 4.90 Å². The van der Waals surface area contributed by atoms with Crippen molar-refractivity contribution in [2.45, 2.75) is 31.8 Å². The van der Waals surface area contributed by atoms with E-state index >= 15 is 0 Å². The number of benzene rings is 1. The lowest BCUT2D eigenvalue weighted by Gasteiger charge is -2.26. The highest BCUT2D eigenvalue weighted by molar-refractivity contribution is 5.62. The fourth-order valence-electron chi connectivity index (χ4n) is 3.49. The van der Waals surface area contributed by atoms with E-state index in [4.69, 9.17) is 0 Å². The number of hydrogen-bond donors (Lipinski definition) is 1. The van der Waals surface area contributed by atoms with Gasteiger partial charge in [0, 0.05) is 32.2 Å². The molecule has 19 heavy (non-hydrogen) atoms. The molecule has 1 aliphatic carbocycles. The third-order valence-corrected chi connectivity index (χ3v) is 4.44. The molecule has 1 saturated carbocycles. The highest BCUT2D eigenvalue weighted by atomic mass is 16.6. The number of piperidine rings is 1. The van der Waals surface area contributed by atoms with Crippen LogP contribution in [-0.2, 0) is 6.54 Å². The molecule has 2 fully saturated rings. The van der Waals surface area contributed by atoms with E-state index in [9.17, 15) is 10.1 Å². The van der Waals surface area contributed by atoms with Crippen LogP contribution >= 0.6 is 0 Å². The van der Waals surface area contributed by atoms with Gasteiger partial charge in [0.25, 0.3) is 5.69 Å². The molecule has 0 spiro atoms. The smallest absolute Gasteiger partial charge is 0.292 e. The predicted octanol–water partition coefficient (Wildman–Crippen LogP) is 2.62. The Morgan fingerprint density at radius 2 is 2.32 bits per heavy atom. The SMILES string of the molecule is CNc1ccc(CN2CC3CCC2C3)cc1[N+](=O)[O-]. The molecule has 1 saturated heterocycles. The highest BCUT2D eigenvalue weighted by Crippen LogP contribution is 2.38. The summed E-state index contributed by atoms with van der Waals surface area (Å²) in [6, 6.07) is 6.21. The first-order chi connectivity index (χ1) is 9.17. The largest absolute Gasteiger partial charge is 0.383 e. The Morgan fingerprint density at radius 3 is 2.89 bits per heavy atom. The molecule has 2 atom stereocenters. The van der Waals surface area contributed by atoms with Gasteiger partial charge in [0.2, 0.25) is 0 Å². The predicted molar refractivity (Wildman–Crippen MR) is 74.2 cm³/mol. The summed E-state index contributed by atoms with van der Waals surface area (Å²) in [5.41, 5.74) is 1.79. The van der Waals surface area contributed by atoms with Crippen molar-refractivity contribution in [3.63, 3.8) is 0 Å². The zero-order valence-electron chi connectivity index (χ0n) is 11.1. The molecule has 5 heteroatoms. The fourth-order valence-corrected chi connectivity index (χ4v) is 3.49. The summed E-state index contributed by atoms with van der Waals surface area (Å²) in [4.78, 5) is 13.2. The van der Waals surface area contributed by atoms with E-state index in [2.05, 4.69) is 10.2 Å². The van der Waals surface area contributed by atoms with Gasteiger partial charge in [0.15, 0.2) is 0 Å². The first-order valence-corrected chi connectivity index (χ1v) is 6.86. The number of hydrogen-bond acceptors (Lipinski definition) is 4. The molecule has 2 aliphatic rings. The van der Waals surface area contributed by atoms with Gasteiger partial charge >= 0.3 is 0 Å². The molecule has 2 unspecified atom stereocenters. The van der Waals surface area contributed by atoms with Crippen molar-refractivity contribution in [3.05, 3.63) is 33.9 Å². The second-order valence-electron chi connectivity index (χ2n) is 5.62. The maximum absolute atomic E-state index is 11.0. The summed E-state index contributed by atoms with van der Waals surface area (Å²) in [6.07, 6.45) is 3.97. The van der Waals surface area contributed by atoms with Gasteiger partial charge in [-0.2, -0.15) is 0 Å². The van der Waals surface area contributed by atoms with Crippen LogP contribution in [0.25, 0.3) is 0 Å². The third-order valence-electron chi connectivity index (χ3n) is 4.44. The molecule has 102 valence electrons. The Kier molecular flexibility index (Phi) is 3.14. The molecule has 0 amide bonds. The molecule has 3 rings (SSSR count). The second kappa shape index (κ2) is 4.81. The Balaban J connectivity index is 1.78. The van der Waals surface area contributed by atoms with E-state index in [1.807, 2.05) is 12.1 Å². The third kappa shape index (κ3) is 2.30. The van der Waals surface area contributed by atoms with Crippen molar-refractivity contribution in [3.8, 4) is 0 Å². The lowest BCUT2D eigenvalue weighted by Crippen LogP contribution is -2.31. The Bertz CT molecular complexity index is 503. The zero-order chi connectivity index (χ0) is 13.4. The van der Waals surface area contributed by atoms with Gasteiger partial charge in [-0.3, -0.25) is 15.0 Å². The molecule has 2 bridgehead atoms. The van der Waals surface area contributed by atoms with Crippen LogP contribution in [0.2, 0.25) is 0 Å². The lowest BCUT2D eigenvalue weighted by atomic mass is 10.1. The van der Waals surface area contributed by atoms with Crippen molar-refractivity contribution < 1.29 is 4.92 Å². The number of rotatable bonds is 4. The number of nitrogens with one attached hydrogen (secondary N) is 1. The molecule has 1 N–H and O–H groups in total. The minimum absolute atomic E-state index is 0.171. The molecule has 0 radical (unpaired) electrons. The van der Waals surface area contributed by atoms with Gasteiger partial charge in [-0.25, -0.2) is 0 Å². The van der Waals surface area contributed by atoms with E-state index in [0.29, 0.717) is 11.7 Å². The van der Waals surface area contributed by atoms with Crippen molar-refractivity contribution in [2.75, 3.05) is 18.9 Å². The van der Waals surface area contributed by atoms with Crippen LogP contribution in [0, 0.1) is 16.0 Å². The summed E-state index contributed by atoms with van der Waals surface area (Å²) in [7, 11) is 1.71. The van der Waals surface area contributed by atoms with Crippen LogP contribution in [0.15, 0.2) is 18.2 Å². The number of nitrogens with zero attached hydrogens (tertiary/aromatic N) is 2. The van der Waals surface area contributed by atoms with Crippen LogP contribution in [-0.4, -0.2) is 29.5 Å². The van der Waals surface area contributed by atoms with Gasteiger partial charge in [0.05, 0.1) is 4.92 Å². The van der Waals surface area contributed by atoms with Crippen molar-refractivity contribution >= 4 is 11.4 Å². The molecular weight excluding hydrogens is 242 g/mol. The molecule has 1 aromatic carbocycles. The number of likely N-dealkylation sites (tertiary alicyclic amines) is 1. The summed E-state index contributed by atoms with van der Waals surface area (Å²) in [5, 5.41) is 13.9. The highest BCUT2D eigenvalue weighted by Gasteiger charge is 2.37. The Hall–Kier alpha value is -1.62. The monoisotopic (exact) mass is 261 g/mol. The van der Waals surface area contributed by atoms with Crippen LogP contribution in [0.1, 0.15) is 24.8 Å². The standard InChI is InChI=1S/C14H19N3O2/c1-15-13-5-3-11(7-14(13)17(18)19)9-16-8-10-2-4-12(16)6-10/h3,5,7,10,12,15H,2,4,6,8-9H2,1H3. The van der Waals surface area contributed by atoms with Gasteiger partial charge in [-0.1, -0.05) is 6.07 Å². The number of anilines is 1. The quantitative estimate of drug-likeness (QED) is 0.668.